The lowest BCUT2D eigenvalue weighted by atomic mass is 10.1. The normalized spacial score (nSPS) is 11.5. The molecule has 25 heavy (non-hydrogen) atoms. The predicted molar refractivity (Wildman–Crippen MR) is 94.6 cm³/mol. The Hall–Kier alpha value is -2.73. The number of carbonyl (C=O) groups excluding carboxylic acids is 1. The second-order valence-electron chi connectivity index (χ2n) is 5.31. The monoisotopic (exact) mass is 345 g/mol. The summed E-state index contributed by atoms with van der Waals surface area (Å²) in [7, 11) is 6.30. The summed E-state index contributed by atoms with van der Waals surface area (Å²) in [5, 5.41) is 2.87. The number of hydrogen-bond acceptors (Lipinski definition) is 5. The Labute approximate surface area is 147 Å². The van der Waals surface area contributed by atoms with Crippen LogP contribution in [-0.2, 0) is 4.74 Å². The Morgan fingerprint density at radius 3 is 2.12 bits per heavy atom. The zero-order valence-corrected chi connectivity index (χ0v) is 14.9. The molecule has 0 fully saturated rings. The molecule has 0 aliphatic carbocycles. The van der Waals surface area contributed by atoms with E-state index in [9.17, 15) is 4.79 Å². The Bertz CT molecular complexity index is 694. The van der Waals surface area contributed by atoms with Crippen molar-refractivity contribution >= 4 is 5.91 Å². The van der Waals surface area contributed by atoms with E-state index in [0.29, 0.717) is 23.6 Å². The van der Waals surface area contributed by atoms with Gasteiger partial charge >= 0.3 is 0 Å². The van der Waals surface area contributed by atoms with E-state index in [0.717, 1.165) is 11.3 Å². The smallest absolute Gasteiger partial charge is 0.251 e. The van der Waals surface area contributed by atoms with Gasteiger partial charge in [0.05, 0.1) is 27.4 Å². The molecular weight excluding hydrogens is 322 g/mol. The summed E-state index contributed by atoms with van der Waals surface area (Å²) >= 11 is 0. The summed E-state index contributed by atoms with van der Waals surface area (Å²) in [5.41, 5.74) is 1.38. The van der Waals surface area contributed by atoms with Crippen LogP contribution < -0.4 is 19.5 Å². The molecule has 0 aromatic heterocycles. The molecule has 0 saturated heterocycles. The van der Waals surface area contributed by atoms with Gasteiger partial charge in [0.15, 0.2) is 0 Å². The van der Waals surface area contributed by atoms with Gasteiger partial charge in [0.1, 0.15) is 17.2 Å². The summed E-state index contributed by atoms with van der Waals surface area (Å²) in [4.78, 5) is 12.5. The van der Waals surface area contributed by atoms with Gasteiger partial charge < -0.3 is 24.3 Å². The van der Waals surface area contributed by atoms with E-state index < -0.39 is 0 Å². The van der Waals surface area contributed by atoms with Crippen LogP contribution >= 0.6 is 0 Å². The van der Waals surface area contributed by atoms with Crippen LogP contribution in [0.1, 0.15) is 22.0 Å². The van der Waals surface area contributed by atoms with E-state index in [1.54, 1.807) is 46.6 Å². The quantitative estimate of drug-likeness (QED) is 0.797. The summed E-state index contributed by atoms with van der Waals surface area (Å²) < 4.78 is 21.1. The fraction of sp³-hybridized carbons (Fsp3) is 0.316. The van der Waals surface area contributed by atoms with Gasteiger partial charge in [-0.3, -0.25) is 4.79 Å². The van der Waals surface area contributed by atoms with Gasteiger partial charge in [0.25, 0.3) is 5.91 Å². The van der Waals surface area contributed by atoms with Crippen LogP contribution in [0.25, 0.3) is 0 Å². The van der Waals surface area contributed by atoms with E-state index in [-0.39, 0.29) is 12.0 Å². The summed E-state index contributed by atoms with van der Waals surface area (Å²) in [5.74, 6) is 1.62. The summed E-state index contributed by atoms with van der Waals surface area (Å²) in [6.45, 7) is 0.321. The van der Waals surface area contributed by atoms with E-state index in [4.69, 9.17) is 18.9 Å². The van der Waals surface area contributed by atoms with Crippen LogP contribution in [-0.4, -0.2) is 40.9 Å². The van der Waals surface area contributed by atoms with Crippen LogP contribution in [0, 0.1) is 0 Å². The Balaban J connectivity index is 2.09. The molecule has 2 rings (SSSR count). The molecule has 2 aromatic rings. The third-order valence-corrected chi connectivity index (χ3v) is 3.81. The minimum absolute atomic E-state index is 0.234. The molecule has 0 aliphatic rings. The second kappa shape index (κ2) is 8.94. The first-order valence-corrected chi connectivity index (χ1v) is 7.79. The van der Waals surface area contributed by atoms with E-state index in [1.165, 1.54) is 0 Å². The standard InChI is InChI=1S/C19H23NO5/c1-22-15-7-5-6-13(8-15)18(25-4)12-20-19(21)14-9-16(23-2)11-17(10-14)24-3/h5-11,18H,12H2,1-4H3,(H,20,21). The molecule has 0 aliphatic heterocycles. The Kier molecular flexibility index (Phi) is 6.65. The number of amides is 1. The molecule has 6 nitrogen and oxygen atoms in total. The minimum Gasteiger partial charge on any atom is -0.497 e. The molecule has 0 saturated carbocycles. The van der Waals surface area contributed by atoms with Gasteiger partial charge in [0, 0.05) is 25.3 Å². The maximum atomic E-state index is 12.5. The Morgan fingerprint density at radius 2 is 1.56 bits per heavy atom. The molecule has 0 radical (unpaired) electrons. The van der Waals surface area contributed by atoms with Crippen LogP contribution in [0.5, 0.6) is 17.2 Å². The maximum absolute atomic E-state index is 12.5. The number of nitrogens with one attached hydrogen (secondary N) is 1. The number of methoxy groups -OCH3 is 4. The number of carbonyl (C=O) groups is 1. The highest BCUT2D eigenvalue weighted by Gasteiger charge is 2.15. The number of hydrogen-bond donors (Lipinski definition) is 1. The SMILES string of the molecule is COc1cc(OC)cc(C(=O)NCC(OC)c2cccc(OC)c2)c1. The highest BCUT2D eigenvalue weighted by Crippen LogP contribution is 2.23. The molecular formula is C19H23NO5. The van der Waals surface area contributed by atoms with Gasteiger partial charge in [-0.1, -0.05) is 12.1 Å². The van der Waals surface area contributed by atoms with Gasteiger partial charge in [0.2, 0.25) is 0 Å². The van der Waals surface area contributed by atoms with Crippen molar-refractivity contribution in [1.29, 1.82) is 0 Å². The molecule has 0 heterocycles. The van der Waals surface area contributed by atoms with Gasteiger partial charge in [-0.25, -0.2) is 0 Å². The maximum Gasteiger partial charge on any atom is 0.251 e. The van der Waals surface area contributed by atoms with E-state index >= 15 is 0 Å². The van der Waals surface area contributed by atoms with Gasteiger partial charge in [-0.05, 0) is 29.8 Å². The molecule has 1 N–H and O–H groups in total. The number of rotatable bonds is 8. The molecule has 0 spiro atoms. The fourth-order valence-electron chi connectivity index (χ4n) is 2.41. The molecule has 0 bridgehead atoms. The topological polar surface area (TPSA) is 66.0 Å². The van der Waals surface area contributed by atoms with Crippen LogP contribution in [0.4, 0.5) is 0 Å². The van der Waals surface area contributed by atoms with Crippen LogP contribution in [0.2, 0.25) is 0 Å². The van der Waals surface area contributed by atoms with Gasteiger partial charge in [-0.2, -0.15) is 0 Å². The molecule has 1 atom stereocenters. The summed E-state index contributed by atoms with van der Waals surface area (Å²) in [6.07, 6.45) is -0.286. The first kappa shape index (κ1) is 18.6. The minimum atomic E-state index is -0.286. The van der Waals surface area contributed by atoms with Crippen molar-refractivity contribution in [1.82, 2.24) is 5.32 Å². The summed E-state index contributed by atoms with van der Waals surface area (Å²) in [6, 6.07) is 12.6. The lowest BCUT2D eigenvalue weighted by molar-refractivity contribution is 0.0827. The number of benzene rings is 2. The molecule has 1 amide bonds. The van der Waals surface area contributed by atoms with E-state index in [1.807, 2.05) is 24.3 Å². The molecule has 134 valence electrons. The van der Waals surface area contributed by atoms with E-state index in [2.05, 4.69) is 5.32 Å². The predicted octanol–water partition coefficient (Wildman–Crippen LogP) is 2.83. The third kappa shape index (κ3) is 4.87. The van der Waals surface area contributed by atoms with Crippen molar-refractivity contribution in [2.24, 2.45) is 0 Å². The highest BCUT2D eigenvalue weighted by molar-refractivity contribution is 5.95. The molecule has 6 heteroatoms. The zero-order valence-electron chi connectivity index (χ0n) is 14.9. The average Bonchev–Trinajstić information content (AvgIpc) is 2.67. The van der Waals surface area contributed by atoms with Crippen molar-refractivity contribution in [2.45, 2.75) is 6.10 Å². The molecule has 1 unspecified atom stereocenters. The van der Waals surface area contributed by atoms with Crippen molar-refractivity contribution in [3.8, 4) is 17.2 Å². The second-order valence-corrected chi connectivity index (χ2v) is 5.31. The zero-order chi connectivity index (χ0) is 18.2. The van der Waals surface area contributed by atoms with Crippen molar-refractivity contribution in [3.63, 3.8) is 0 Å². The first-order chi connectivity index (χ1) is 12.1. The van der Waals surface area contributed by atoms with Crippen molar-refractivity contribution < 1.29 is 23.7 Å². The third-order valence-electron chi connectivity index (χ3n) is 3.81. The highest BCUT2D eigenvalue weighted by atomic mass is 16.5. The van der Waals surface area contributed by atoms with Crippen LogP contribution in [0.3, 0.4) is 0 Å². The Morgan fingerprint density at radius 1 is 0.920 bits per heavy atom. The average molecular weight is 345 g/mol. The van der Waals surface area contributed by atoms with Crippen molar-refractivity contribution in [3.05, 3.63) is 53.6 Å². The molecule has 2 aromatic carbocycles. The number of ether oxygens (including phenoxy) is 4. The fourth-order valence-corrected chi connectivity index (χ4v) is 2.41. The lowest BCUT2D eigenvalue weighted by Crippen LogP contribution is -2.29. The lowest BCUT2D eigenvalue weighted by Gasteiger charge is -2.17. The largest absolute Gasteiger partial charge is 0.497 e. The van der Waals surface area contributed by atoms with Gasteiger partial charge in [-0.15, -0.1) is 0 Å². The van der Waals surface area contributed by atoms with Crippen molar-refractivity contribution in [2.75, 3.05) is 35.0 Å². The van der Waals surface area contributed by atoms with Crippen LogP contribution in [0.15, 0.2) is 42.5 Å². The first-order valence-electron chi connectivity index (χ1n) is 7.79.